The highest BCUT2D eigenvalue weighted by Gasteiger charge is 2.15. The Kier molecular flexibility index (Phi) is 8.47. The summed E-state index contributed by atoms with van der Waals surface area (Å²) in [7, 11) is 0. The summed E-state index contributed by atoms with van der Waals surface area (Å²) in [6.07, 6.45) is 2.29. The second-order valence-electron chi connectivity index (χ2n) is 13.4. The Morgan fingerprint density at radius 2 is 0.811 bits per heavy atom. The van der Waals surface area contributed by atoms with Crippen molar-refractivity contribution in [3.8, 4) is 72.8 Å². The van der Waals surface area contributed by atoms with Crippen molar-refractivity contribution in [1.29, 1.82) is 0 Å². The van der Waals surface area contributed by atoms with E-state index in [9.17, 15) is 0 Å². The van der Waals surface area contributed by atoms with Gasteiger partial charge in [-0.15, -0.1) is 0 Å². The van der Waals surface area contributed by atoms with E-state index in [1.54, 1.807) is 0 Å². The van der Waals surface area contributed by atoms with Crippen molar-refractivity contribution in [1.82, 2.24) is 4.57 Å². The van der Waals surface area contributed by atoms with Crippen molar-refractivity contribution in [2.75, 3.05) is 0 Å². The van der Waals surface area contributed by atoms with Crippen molar-refractivity contribution in [3.63, 3.8) is 0 Å². The third kappa shape index (κ3) is 6.44. The average molecular weight is 680 g/mol. The summed E-state index contributed by atoms with van der Waals surface area (Å²) >= 11 is 0. The lowest BCUT2D eigenvalue weighted by atomic mass is 9.97. The van der Waals surface area contributed by atoms with E-state index < -0.39 is 0 Å². The van der Waals surface area contributed by atoms with E-state index in [0.717, 1.165) is 39.4 Å². The van der Waals surface area contributed by atoms with Crippen LogP contribution in [0.5, 0.6) is 11.5 Å². The molecule has 0 aliphatic rings. The van der Waals surface area contributed by atoms with Gasteiger partial charge in [0.2, 0.25) is 0 Å². The van der Waals surface area contributed by atoms with Crippen LogP contribution >= 0.6 is 0 Å². The molecule has 0 unspecified atom stereocenters. The minimum Gasteiger partial charge on any atom is -0.456 e. The van der Waals surface area contributed by atoms with E-state index in [4.69, 9.17) is 4.74 Å². The Morgan fingerprint density at radius 1 is 0.358 bits per heavy atom. The number of benzene rings is 8. The Balaban J connectivity index is 1.10. The van der Waals surface area contributed by atoms with Crippen LogP contribution in [0.15, 0.2) is 206 Å². The van der Waals surface area contributed by atoms with Crippen molar-refractivity contribution in [2.45, 2.75) is 6.92 Å². The monoisotopic (exact) mass is 679 g/mol. The van der Waals surface area contributed by atoms with Crippen LogP contribution in [0.4, 0.5) is 0 Å². The maximum atomic E-state index is 6.43. The van der Waals surface area contributed by atoms with E-state index >= 15 is 0 Å². The fourth-order valence-corrected chi connectivity index (χ4v) is 7.20. The SMILES string of the molecule is Cc1ccccc1Oc1ccccc1-c1ccc(-n2cc(-c3ccc(-c4ccccc4)cc3)c3cc(-c4ccc(-c5ccccc5)cc4)ccc32)cc1. The second-order valence-corrected chi connectivity index (χ2v) is 13.4. The fraction of sp³-hybridized carbons (Fsp3) is 0.0196. The van der Waals surface area contributed by atoms with Gasteiger partial charge in [0, 0.05) is 28.4 Å². The number of hydrogen-bond acceptors (Lipinski definition) is 1. The quantitative estimate of drug-likeness (QED) is 0.156. The van der Waals surface area contributed by atoms with Crippen LogP contribution < -0.4 is 4.74 Å². The van der Waals surface area contributed by atoms with Crippen molar-refractivity contribution >= 4 is 10.9 Å². The lowest BCUT2D eigenvalue weighted by molar-refractivity contribution is 0.480. The molecule has 9 aromatic rings. The highest BCUT2D eigenvalue weighted by Crippen LogP contribution is 2.39. The molecule has 2 heteroatoms. The molecular weight excluding hydrogens is 643 g/mol. The van der Waals surface area contributed by atoms with E-state index in [-0.39, 0.29) is 0 Å². The van der Waals surface area contributed by atoms with Crippen LogP contribution in [0.1, 0.15) is 5.56 Å². The van der Waals surface area contributed by atoms with Crippen LogP contribution in [0.25, 0.3) is 72.2 Å². The molecule has 0 saturated carbocycles. The first-order chi connectivity index (χ1) is 26.2. The van der Waals surface area contributed by atoms with Crippen LogP contribution in [-0.2, 0) is 0 Å². The lowest BCUT2D eigenvalue weighted by Gasteiger charge is -2.14. The molecule has 0 aliphatic heterocycles. The molecule has 0 radical (unpaired) electrons. The van der Waals surface area contributed by atoms with E-state index in [1.807, 2.05) is 30.3 Å². The standard InChI is InChI=1S/C51H37NO/c1-36-12-8-10-18-50(36)53-51-19-11-9-17-46(51)42-28-31-45(32-29-42)52-35-48(43-26-24-40(25-27-43)38-15-6-3-7-16-38)47-34-44(30-33-49(47)52)41-22-20-39(21-23-41)37-13-4-2-5-14-37/h2-35H,1H3. The van der Waals surface area contributed by atoms with E-state index in [1.165, 1.54) is 49.9 Å². The average Bonchev–Trinajstić information content (AvgIpc) is 3.62. The Hall–Kier alpha value is -6.90. The predicted octanol–water partition coefficient (Wildman–Crippen LogP) is 14.1. The number of nitrogens with zero attached hydrogens (tertiary/aromatic N) is 1. The number of aromatic nitrogens is 1. The molecule has 0 saturated heterocycles. The van der Waals surface area contributed by atoms with Crippen molar-refractivity contribution in [3.05, 3.63) is 212 Å². The van der Waals surface area contributed by atoms with Gasteiger partial charge in [0.25, 0.3) is 0 Å². The number of fused-ring (bicyclic) bond motifs is 1. The molecule has 2 nitrogen and oxygen atoms in total. The predicted molar refractivity (Wildman–Crippen MR) is 222 cm³/mol. The van der Waals surface area contributed by atoms with Gasteiger partial charge in [0.15, 0.2) is 0 Å². The summed E-state index contributed by atoms with van der Waals surface area (Å²) in [5.41, 5.74) is 15.2. The fourth-order valence-electron chi connectivity index (χ4n) is 7.20. The molecule has 1 heterocycles. The molecule has 252 valence electrons. The third-order valence-corrected chi connectivity index (χ3v) is 10.1. The summed E-state index contributed by atoms with van der Waals surface area (Å²) in [4.78, 5) is 0. The Morgan fingerprint density at radius 3 is 1.43 bits per heavy atom. The van der Waals surface area contributed by atoms with E-state index in [2.05, 4.69) is 188 Å². The third-order valence-electron chi connectivity index (χ3n) is 10.1. The molecule has 53 heavy (non-hydrogen) atoms. The highest BCUT2D eigenvalue weighted by molar-refractivity contribution is 6.00. The summed E-state index contributed by atoms with van der Waals surface area (Å²) < 4.78 is 8.74. The molecule has 0 spiro atoms. The van der Waals surface area contributed by atoms with Gasteiger partial charge in [-0.3, -0.25) is 0 Å². The molecule has 0 fully saturated rings. The summed E-state index contributed by atoms with van der Waals surface area (Å²) in [5.74, 6) is 1.71. The lowest BCUT2D eigenvalue weighted by Crippen LogP contribution is -1.93. The van der Waals surface area contributed by atoms with Crippen LogP contribution in [-0.4, -0.2) is 4.57 Å². The molecule has 0 N–H and O–H groups in total. The first-order valence-corrected chi connectivity index (χ1v) is 18.1. The molecule has 0 aliphatic carbocycles. The minimum absolute atomic E-state index is 0.839. The zero-order chi connectivity index (χ0) is 35.6. The van der Waals surface area contributed by atoms with Crippen LogP contribution in [0.2, 0.25) is 0 Å². The van der Waals surface area contributed by atoms with Crippen LogP contribution in [0.3, 0.4) is 0 Å². The topological polar surface area (TPSA) is 14.2 Å². The molecule has 9 rings (SSSR count). The number of ether oxygens (including phenoxy) is 1. The van der Waals surface area contributed by atoms with Crippen molar-refractivity contribution < 1.29 is 4.74 Å². The van der Waals surface area contributed by atoms with Gasteiger partial charge in [-0.2, -0.15) is 0 Å². The Bertz CT molecular complexity index is 2650. The van der Waals surface area contributed by atoms with Gasteiger partial charge in [-0.05, 0) is 93.4 Å². The zero-order valence-corrected chi connectivity index (χ0v) is 29.5. The van der Waals surface area contributed by atoms with Gasteiger partial charge in [-0.25, -0.2) is 0 Å². The zero-order valence-electron chi connectivity index (χ0n) is 29.5. The molecule has 0 amide bonds. The minimum atomic E-state index is 0.839. The summed E-state index contributed by atoms with van der Waals surface area (Å²) in [5, 5.41) is 1.21. The van der Waals surface area contributed by atoms with Gasteiger partial charge in [-0.1, -0.05) is 164 Å². The summed E-state index contributed by atoms with van der Waals surface area (Å²) in [6, 6.07) is 71.0. The number of hydrogen-bond donors (Lipinski definition) is 0. The normalized spacial score (nSPS) is 11.1. The first-order valence-electron chi connectivity index (χ1n) is 18.1. The maximum Gasteiger partial charge on any atom is 0.135 e. The highest BCUT2D eigenvalue weighted by atomic mass is 16.5. The molecular formula is C51H37NO. The number of para-hydroxylation sites is 2. The molecule has 1 aromatic heterocycles. The number of rotatable bonds is 8. The summed E-state index contributed by atoms with van der Waals surface area (Å²) in [6.45, 7) is 2.07. The number of aryl methyl sites for hydroxylation is 1. The Labute approximate surface area is 310 Å². The van der Waals surface area contributed by atoms with Gasteiger partial charge < -0.3 is 9.30 Å². The first kappa shape index (κ1) is 32.0. The maximum absolute atomic E-state index is 6.43. The molecule has 8 aromatic carbocycles. The van der Waals surface area contributed by atoms with Crippen molar-refractivity contribution in [2.24, 2.45) is 0 Å². The van der Waals surface area contributed by atoms with Gasteiger partial charge >= 0.3 is 0 Å². The molecule has 0 atom stereocenters. The van der Waals surface area contributed by atoms with Gasteiger partial charge in [0.05, 0.1) is 5.52 Å². The largest absolute Gasteiger partial charge is 0.456 e. The van der Waals surface area contributed by atoms with Crippen LogP contribution in [0, 0.1) is 6.92 Å². The van der Waals surface area contributed by atoms with Gasteiger partial charge in [0.1, 0.15) is 11.5 Å². The molecule has 0 bridgehead atoms. The second kappa shape index (κ2) is 14.0. The van der Waals surface area contributed by atoms with E-state index in [0.29, 0.717) is 0 Å². The smallest absolute Gasteiger partial charge is 0.135 e.